The van der Waals surface area contributed by atoms with Crippen LogP contribution in [0.15, 0.2) is 0 Å². The number of aliphatic hydroxyl groups is 3. The average Bonchev–Trinajstić information content (AvgIpc) is 2.09. The Hall–Kier alpha value is -0.200. The molecule has 0 aromatic rings. The molecule has 4 N–H and O–H groups in total. The topological polar surface area (TPSA) is 82.0 Å². The molecule has 5 nitrogen and oxygen atoms in total. The molecular formula is C8H17NO4. The number of aliphatic hydroxyl groups excluding tert-OH is 3. The maximum absolute atomic E-state index is 9.60. The highest BCUT2D eigenvalue weighted by Crippen LogP contribution is 2.19. The Morgan fingerprint density at radius 1 is 1.23 bits per heavy atom. The minimum Gasteiger partial charge on any atom is -0.389 e. The van der Waals surface area contributed by atoms with Crippen molar-refractivity contribution in [3.05, 3.63) is 0 Å². The Labute approximate surface area is 77.3 Å². The van der Waals surface area contributed by atoms with Gasteiger partial charge in [0.2, 0.25) is 0 Å². The third-order valence-electron chi connectivity index (χ3n) is 2.30. The van der Waals surface area contributed by atoms with Crippen LogP contribution in [-0.2, 0) is 4.74 Å². The Kier molecular flexibility index (Phi) is 3.63. The van der Waals surface area contributed by atoms with E-state index >= 15 is 0 Å². The zero-order chi connectivity index (χ0) is 10.0. The van der Waals surface area contributed by atoms with E-state index in [0.717, 1.165) is 0 Å². The minimum atomic E-state index is -1.22. The maximum atomic E-state index is 9.60. The van der Waals surface area contributed by atoms with Crippen molar-refractivity contribution in [1.29, 1.82) is 0 Å². The van der Waals surface area contributed by atoms with Crippen molar-refractivity contribution < 1.29 is 20.1 Å². The Morgan fingerprint density at radius 3 is 2.38 bits per heavy atom. The monoisotopic (exact) mass is 191 g/mol. The molecule has 0 aromatic carbocycles. The van der Waals surface area contributed by atoms with Crippen molar-refractivity contribution in [3.63, 3.8) is 0 Å². The number of hydrogen-bond donors (Lipinski definition) is 4. The summed E-state index contributed by atoms with van der Waals surface area (Å²) < 4.78 is 4.90. The van der Waals surface area contributed by atoms with Crippen molar-refractivity contribution in [2.24, 2.45) is 0 Å². The molecule has 1 heterocycles. The molecule has 1 fully saturated rings. The summed E-state index contributed by atoms with van der Waals surface area (Å²) >= 11 is 0. The molecule has 1 aliphatic rings. The van der Waals surface area contributed by atoms with E-state index < -0.39 is 30.6 Å². The van der Waals surface area contributed by atoms with E-state index in [0.29, 0.717) is 6.54 Å². The van der Waals surface area contributed by atoms with Gasteiger partial charge < -0.3 is 25.4 Å². The van der Waals surface area contributed by atoms with E-state index in [9.17, 15) is 15.3 Å². The lowest BCUT2D eigenvalue weighted by atomic mass is 9.97. The maximum Gasteiger partial charge on any atom is 0.182 e. The van der Waals surface area contributed by atoms with Gasteiger partial charge in [-0.25, -0.2) is 0 Å². The lowest BCUT2D eigenvalue weighted by Gasteiger charge is -2.39. The van der Waals surface area contributed by atoms with Crippen LogP contribution in [0, 0.1) is 0 Å². The number of ether oxygens (including phenoxy) is 1. The first-order valence-corrected chi connectivity index (χ1v) is 4.51. The van der Waals surface area contributed by atoms with Crippen LogP contribution in [0.5, 0.6) is 0 Å². The van der Waals surface area contributed by atoms with Crippen molar-refractivity contribution in [2.45, 2.75) is 44.5 Å². The third kappa shape index (κ3) is 2.18. The van der Waals surface area contributed by atoms with Crippen LogP contribution in [0.4, 0.5) is 0 Å². The normalized spacial score (nSPS) is 46.4. The first-order chi connectivity index (χ1) is 6.07. The second-order valence-electron chi connectivity index (χ2n) is 3.30. The summed E-state index contributed by atoms with van der Waals surface area (Å²) in [6.07, 6.45) is -3.56. The van der Waals surface area contributed by atoms with E-state index in [-0.39, 0.29) is 0 Å². The molecule has 0 radical (unpaired) electrons. The van der Waals surface area contributed by atoms with Gasteiger partial charge >= 0.3 is 0 Å². The van der Waals surface area contributed by atoms with Gasteiger partial charge in [-0.2, -0.15) is 0 Å². The fraction of sp³-hybridized carbons (Fsp3) is 1.00. The molecule has 0 amide bonds. The molecule has 78 valence electrons. The summed E-state index contributed by atoms with van der Waals surface area (Å²) in [4.78, 5) is 0. The summed E-state index contributed by atoms with van der Waals surface area (Å²) in [6, 6.07) is -0.524. The Morgan fingerprint density at radius 2 is 1.85 bits per heavy atom. The second-order valence-corrected chi connectivity index (χ2v) is 3.30. The van der Waals surface area contributed by atoms with Gasteiger partial charge in [-0.05, 0) is 13.5 Å². The zero-order valence-electron chi connectivity index (χ0n) is 7.84. The molecule has 1 rings (SSSR count). The van der Waals surface area contributed by atoms with Crippen LogP contribution in [0.3, 0.4) is 0 Å². The molecule has 5 heteroatoms. The smallest absolute Gasteiger partial charge is 0.182 e. The van der Waals surface area contributed by atoms with Gasteiger partial charge in [-0.1, -0.05) is 6.92 Å². The molecule has 0 aliphatic carbocycles. The quantitative estimate of drug-likeness (QED) is 0.423. The van der Waals surface area contributed by atoms with Crippen LogP contribution in [0.25, 0.3) is 0 Å². The first-order valence-electron chi connectivity index (χ1n) is 4.51. The highest BCUT2D eigenvalue weighted by atomic mass is 16.6. The van der Waals surface area contributed by atoms with Crippen molar-refractivity contribution in [2.75, 3.05) is 6.54 Å². The van der Waals surface area contributed by atoms with Gasteiger partial charge in [0, 0.05) is 0 Å². The second kappa shape index (κ2) is 4.34. The molecule has 1 saturated heterocycles. The van der Waals surface area contributed by atoms with Crippen LogP contribution in [-0.4, -0.2) is 52.5 Å². The predicted molar refractivity (Wildman–Crippen MR) is 46.0 cm³/mol. The van der Waals surface area contributed by atoms with Crippen LogP contribution < -0.4 is 5.32 Å². The molecule has 5 atom stereocenters. The number of likely N-dealkylation sites (N-methyl/N-ethyl adjacent to an activating group) is 1. The first kappa shape index (κ1) is 10.9. The summed E-state index contributed by atoms with van der Waals surface area (Å²) in [6.45, 7) is 4.15. The van der Waals surface area contributed by atoms with E-state index in [1.165, 1.54) is 0 Å². The fourth-order valence-electron chi connectivity index (χ4n) is 1.53. The molecular weight excluding hydrogens is 174 g/mol. The number of hydrogen-bond acceptors (Lipinski definition) is 5. The predicted octanol–water partition coefficient (Wildman–Crippen LogP) is -1.58. The van der Waals surface area contributed by atoms with Gasteiger partial charge in [0.25, 0.3) is 0 Å². The van der Waals surface area contributed by atoms with Gasteiger partial charge in [0.1, 0.15) is 6.10 Å². The lowest BCUT2D eigenvalue weighted by molar-refractivity contribution is -0.251. The largest absolute Gasteiger partial charge is 0.389 e. The Balaban J connectivity index is 2.64. The minimum absolute atomic E-state index is 0.470. The summed E-state index contributed by atoms with van der Waals surface area (Å²) in [5, 5.41) is 31.2. The third-order valence-corrected chi connectivity index (χ3v) is 2.30. The van der Waals surface area contributed by atoms with Crippen molar-refractivity contribution >= 4 is 0 Å². The molecule has 0 saturated carbocycles. The zero-order valence-corrected chi connectivity index (χ0v) is 7.84. The molecule has 1 aliphatic heterocycles. The van der Waals surface area contributed by atoms with E-state index in [1.54, 1.807) is 6.92 Å². The van der Waals surface area contributed by atoms with Gasteiger partial charge in [-0.15, -0.1) is 0 Å². The molecule has 0 bridgehead atoms. The Bertz CT molecular complexity index is 152. The lowest BCUT2D eigenvalue weighted by Crippen LogP contribution is -2.62. The van der Waals surface area contributed by atoms with Gasteiger partial charge in [0.05, 0.1) is 18.2 Å². The molecule has 0 spiro atoms. The fourth-order valence-corrected chi connectivity index (χ4v) is 1.53. The van der Waals surface area contributed by atoms with Crippen LogP contribution >= 0.6 is 0 Å². The van der Waals surface area contributed by atoms with Crippen molar-refractivity contribution in [3.8, 4) is 0 Å². The van der Waals surface area contributed by atoms with Crippen LogP contribution in [0.1, 0.15) is 13.8 Å². The average molecular weight is 191 g/mol. The van der Waals surface area contributed by atoms with E-state index in [2.05, 4.69) is 5.32 Å². The van der Waals surface area contributed by atoms with Crippen molar-refractivity contribution in [1.82, 2.24) is 5.32 Å². The SMILES string of the molecule is CCN[C@@H]1[C@H](O)[C@H](O)O[C@H](C)[C@H]1O. The van der Waals surface area contributed by atoms with Gasteiger partial charge in [-0.3, -0.25) is 0 Å². The van der Waals surface area contributed by atoms with E-state index in [1.807, 2.05) is 6.92 Å². The van der Waals surface area contributed by atoms with E-state index in [4.69, 9.17) is 4.74 Å². The molecule has 0 aromatic heterocycles. The van der Waals surface area contributed by atoms with Crippen LogP contribution in [0.2, 0.25) is 0 Å². The molecule has 13 heavy (non-hydrogen) atoms. The number of rotatable bonds is 2. The summed E-state index contributed by atoms with van der Waals surface area (Å²) in [7, 11) is 0. The molecule has 0 unspecified atom stereocenters. The highest BCUT2D eigenvalue weighted by Gasteiger charge is 2.41. The highest BCUT2D eigenvalue weighted by molar-refractivity contribution is 4.91. The summed E-state index contributed by atoms with van der Waals surface area (Å²) in [5.41, 5.74) is 0. The van der Waals surface area contributed by atoms with Gasteiger partial charge in [0.15, 0.2) is 6.29 Å². The standard InChI is InChI=1S/C8H17NO4/c1-3-9-5-6(10)4(2)13-8(12)7(5)11/h4-12H,3H2,1-2H3/t4-,5+,6-,7+,8-/m1/s1. The number of nitrogens with one attached hydrogen (secondary N) is 1. The summed E-state index contributed by atoms with van der Waals surface area (Å²) in [5.74, 6) is 0.